The Morgan fingerprint density at radius 1 is 1.43 bits per heavy atom. The van der Waals surface area contributed by atoms with Crippen LogP contribution >= 0.6 is 0 Å². The summed E-state index contributed by atoms with van der Waals surface area (Å²) in [5.41, 5.74) is 1.17. The molecule has 0 saturated carbocycles. The van der Waals surface area contributed by atoms with E-state index in [4.69, 9.17) is 5.11 Å². The molecule has 0 aliphatic heterocycles. The Morgan fingerprint density at radius 3 is 2.57 bits per heavy atom. The van der Waals surface area contributed by atoms with Gasteiger partial charge in [-0.1, -0.05) is 12.1 Å². The normalized spacial score (nSPS) is 11.4. The second-order valence-corrected chi connectivity index (χ2v) is 7.97. The van der Waals surface area contributed by atoms with Crippen LogP contribution in [0.3, 0.4) is 0 Å². The van der Waals surface area contributed by atoms with E-state index in [1.807, 2.05) is 19.2 Å². The number of hydrogen-bond donors (Lipinski definition) is 2. The molecular weight excluding hydrogens is 196 g/mol. The minimum absolute atomic E-state index is 0.278. The fourth-order valence-electron chi connectivity index (χ4n) is 1.31. The quantitative estimate of drug-likeness (QED) is 0.746. The number of aromatic carboxylic acids is 1. The third-order valence-corrected chi connectivity index (χ3v) is 3.08. The van der Waals surface area contributed by atoms with E-state index < -0.39 is 14.3 Å². The third-order valence-electron chi connectivity index (χ3n) is 1.81. The number of carbonyl (C=O) groups is 1. The van der Waals surface area contributed by atoms with Crippen molar-refractivity contribution in [1.29, 1.82) is 0 Å². The molecular formula is C10H14O3Si. The third kappa shape index (κ3) is 3.31. The van der Waals surface area contributed by atoms with Crippen LogP contribution in [0.1, 0.15) is 15.9 Å². The van der Waals surface area contributed by atoms with Gasteiger partial charge in [0.05, 0.1) is 5.56 Å². The van der Waals surface area contributed by atoms with Gasteiger partial charge in [0.25, 0.3) is 0 Å². The molecule has 0 saturated heterocycles. The highest BCUT2D eigenvalue weighted by molar-refractivity contribution is 6.69. The van der Waals surface area contributed by atoms with Crippen molar-refractivity contribution >= 4 is 14.3 Å². The molecule has 0 heterocycles. The van der Waals surface area contributed by atoms with E-state index in [1.165, 1.54) is 0 Å². The van der Waals surface area contributed by atoms with E-state index in [0.29, 0.717) is 6.04 Å². The number of hydrogen-bond acceptors (Lipinski definition) is 2. The smallest absolute Gasteiger partial charge is 0.335 e. The molecule has 3 nitrogen and oxygen atoms in total. The van der Waals surface area contributed by atoms with Crippen LogP contribution in [0.15, 0.2) is 24.3 Å². The second kappa shape index (κ2) is 3.94. The Labute approximate surface area is 84.1 Å². The van der Waals surface area contributed by atoms with Gasteiger partial charge in [-0.05, 0) is 36.8 Å². The van der Waals surface area contributed by atoms with E-state index in [9.17, 15) is 9.59 Å². The highest BCUT2D eigenvalue weighted by atomic mass is 28.4. The van der Waals surface area contributed by atoms with Crippen LogP contribution in [0.2, 0.25) is 13.1 Å². The van der Waals surface area contributed by atoms with E-state index in [2.05, 4.69) is 0 Å². The van der Waals surface area contributed by atoms with E-state index in [-0.39, 0.29) is 5.56 Å². The molecule has 0 radical (unpaired) electrons. The molecule has 0 unspecified atom stereocenters. The van der Waals surface area contributed by atoms with Crippen LogP contribution < -0.4 is 0 Å². The summed E-state index contributed by atoms with van der Waals surface area (Å²) in [6.07, 6.45) is 0. The number of rotatable bonds is 3. The van der Waals surface area contributed by atoms with Gasteiger partial charge in [-0.2, -0.15) is 0 Å². The van der Waals surface area contributed by atoms with Gasteiger partial charge in [0.2, 0.25) is 0 Å². The standard InChI is InChI=1S/C10H14O3Si/c1-14(2,13)7-8-4-3-5-9(6-8)10(11)12/h3-6,13H,7H2,1-2H3,(H,11,12). The lowest BCUT2D eigenvalue weighted by Gasteiger charge is -2.13. The van der Waals surface area contributed by atoms with Crippen molar-refractivity contribution in [1.82, 2.24) is 0 Å². The van der Waals surface area contributed by atoms with E-state index >= 15 is 0 Å². The van der Waals surface area contributed by atoms with Gasteiger partial charge >= 0.3 is 5.97 Å². The first-order valence-electron chi connectivity index (χ1n) is 4.43. The van der Waals surface area contributed by atoms with Crippen molar-refractivity contribution in [2.45, 2.75) is 19.1 Å². The van der Waals surface area contributed by atoms with Gasteiger partial charge < -0.3 is 9.90 Å². The molecule has 76 valence electrons. The van der Waals surface area contributed by atoms with Crippen LogP contribution in [-0.2, 0) is 6.04 Å². The average molecular weight is 210 g/mol. The molecule has 1 aromatic carbocycles. The lowest BCUT2D eigenvalue weighted by atomic mass is 10.1. The summed E-state index contributed by atoms with van der Waals surface area (Å²) < 4.78 is 0. The lowest BCUT2D eigenvalue weighted by molar-refractivity contribution is 0.0696. The highest BCUT2D eigenvalue weighted by Crippen LogP contribution is 2.11. The van der Waals surface area contributed by atoms with Gasteiger partial charge in [0, 0.05) is 0 Å². The number of carboxylic acid groups (broad SMARTS) is 1. The molecule has 1 rings (SSSR count). The molecule has 0 aromatic heterocycles. The summed E-state index contributed by atoms with van der Waals surface area (Å²) in [5.74, 6) is -0.927. The summed E-state index contributed by atoms with van der Waals surface area (Å²) in [7, 11) is -2.15. The molecule has 2 N–H and O–H groups in total. The van der Waals surface area contributed by atoms with Crippen molar-refractivity contribution in [3.05, 3.63) is 35.4 Å². The summed E-state index contributed by atoms with van der Waals surface area (Å²) in [6.45, 7) is 3.67. The van der Waals surface area contributed by atoms with Crippen molar-refractivity contribution < 1.29 is 14.7 Å². The van der Waals surface area contributed by atoms with Gasteiger partial charge in [-0.15, -0.1) is 0 Å². The SMILES string of the molecule is C[Si](C)(O)Cc1cccc(C(=O)O)c1. The van der Waals surface area contributed by atoms with Crippen molar-refractivity contribution in [2.24, 2.45) is 0 Å². The maximum Gasteiger partial charge on any atom is 0.335 e. The fourth-order valence-corrected chi connectivity index (χ4v) is 2.53. The highest BCUT2D eigenvalue weighted by Gasteiger charge is 2.17. The summed E-state index contributed by atoms with van der Waals surface area (Å²) in [5, 5.41) is 8.76. The first-order valence-corrected chi connectivity index (χ1v) is 7.58. The van der Waals surface area contributed by atoms with Crippen molar-refractivity contribution in [3.8, 4) is 0 Å². The van der Waals surface area contributed by atoms with Gasteiger partial charge in [-0.3, -0.25) is 0 Å². The molecule has 0 spiro atoms. The number of benzene rings is 1. The summed E-state index contributed by atoms with van der Waals surface area (Å²) in [6, 6.07) is 7.32. The Kier molecular flexibility index (Phi) is 3.08. The maximum absolute atomic E-state index is 10.7. The zero-order valence-electron chi connectivity index (χ0n) is 8.32. The molecule has 0 amide bonds. The van der Waals surface area contributed by atoms with E-state index in [1.54, 1.807) is 18.2 Å². The zero-order valence-corrected chi connectivity index (χ0v) is 9.32. The second-order valence-electron chi connectivity index (χ2n) is 3.99. The van der Waals surface area contributed by atoms with Crippen LogP contribution in [0.5, 0.6) is 0 Å². The van der Waals surface area contributed by atoms with Gasteiger partial charge in [0.15, 0.2) is 8.32 Å². The van der Waals surface area contributed by atoms with Crippen LogP contribution in [0.25, 0.3) is 0 Å². The molecule has 0 bridgehead atoms. The molecule has 1 aromatic rings. The van der Waals surface area contributed by atoms with E-state index in [0.717, 1.165) is 5.56 Å². The Bertz CT molecular complexity index is 341. The van der Waals surface area contributed by atoms with Gasteiger partial charge in [0.1, 0.15) is 0 Å². The Balaban J connectivity index is 2.89. The van der Waals surface area contributed by atoms with Crippen molar-refractivity contribution in [3.63, 3.8) is 0 Å². The fraction of sp³-hybridized carbons (Fsp3) is 0.300. The van der Waals surface area contributed by atoms with Crippen LogP contribution in [0.4, 0.5) is 0 Å². The minimum atomic E-state index is -2.15. The summed E-state index contributed by atoms with van der Waals surface area (Å²) in [4.78, 5) is 20.4. The summed E-state index contributed by atoms with van der Waals surface area (Å²) >= 11 is 0. The largest absolute Gasteiger partial charge is 0.478 e. The number of carboxylic acids is 1. The predicted octanol–water partition coefficient (Wildman–Crippen LogP) is 1.66. The molecule has 14 heavy (non-hydrogen) atoms. The van der Waals surface area contributed by atoms with Gasteiger partial charge in [-0.25, -0.2) is 4.79 Å². The first kappa shape index (κ1) is 10.9. The Morgan fingerprint density at radius 2 is 2.07 bits per heavy atom. The average Bonchev–Trinajstić information content (AvgIpc) is 2.01. The monoisotopic (exact) mass is 210 g/mol. The Hall–Kier alpha value is -1.13. The predicted molar refractivity (Wildman–Crippen MR) is 56.8 cm³/mol. The topological polar surface area (TPSA) is 57.5 Å². The maximum atomic E-state index is 10.7. The van der Waals surface area contributed by atoms with Crippen LogP contribution in [0, 0.1) is 0 Å². The van der Waals surface area contributed by atoms with Crippen molar-refractivity contribution in [2.75, 3.05) is 0 Å². The molecule has 0 fully saturated rings. The molecule has 4 heteroatoms. The molecule has 0 aliphatic carbocycles. The molecule has 0 atom stereocenters. The first-order chi connectivity index (χ1) is 6.38. The minimum Gasteiger partial charge on any atom is -0.478 e. The lowest BCUT2D eigenvalue weighted by Crippen LogP contribution is -2.28. The zero-order chi connectivity index (χ0) is 10.8. The van der Waals surface area contributed by atoms with Crippen LogP contribution in [-0.4, -0.2) is 24.2 Å². The molecule has 0 aliphatic rings.